The van der Waals surface area contributed by atoms with E-state index < -0.39 is 0 Å². The second kappa shape index (κ2) is 8.85. The minimum absolute atomic E-state index is 0.00751. The maximum absolute atomic E-state index is 12.0. The maximum Gasteiger partial charge on any atom is 0.226 e. The Morgan fingerprint density at radius 2 is 1.95 bits per heavy atom. The lowest BCUT2D eigenvalue weighted by Crippen LogP contribution is -2.35. The number of benzene rings is 1. The molecule has 0 bridgehead atoms. The topological polar surface area (TPSA) is 62.6 Å². The highest BCUT2D eigenvalue weighted by Crippen LogP contribution is 2.17. The van der Waals surface area contributed by atoms with Crippen molar-refractivity contribution in [2.24, 2.45) is 5.92 Å². The Bertz CT molecular complexity index is 479. The lowest BCUT2D eigenvalue weighted by Gasteiger charge is -2.22. The van der Waals surface area contributed by atoms with Gasteiger partial charge in [0.15, 0.2) is 0 Å². The normalized spacial score (nSPS) is 11.3. The second-order valence-corrected chi connectivity index (χ2v) is 4.74. The molecule has 1 atom stereocenters. The van der Waals surface area contributed by atoms with Crippen LogP contribution in [0.15, 0.2) is 24.3 Å². The van der Waals surface area contributed by atoms with Crippen LogP contribution in [0.1, 0.15) is 20.3 Å². The largest absolute Gasteiger partial charge is 0.497 e. The average molecular weight is 290 g/mol. The highest BCUT2D eigenvalue weighted by atomic mass is 16.5. The summed E-state index contributed by atoms with van der Waals surface area (Å²) in [4.78, 5) is 13.7. The molecule has 0 spiro atoms. The van der Waals surface area contributed by atoms with E-state index in [0.717, 1.165) is 5.75 Å². The van der Waals surface area contributed by atoms with Crippen LogP contribution in [0.4, 0.5) is 0 Å². The minimum atomic E-state index is -0.156. The molecule has 0 aromatic heterocycles. The number of hydrogen-bond acceptors (Lipinski definition) is 4. The van der Waals surface area contributed by atoms with Gasteiger partial charge in [-0.15, -0.1) is 0 Å². The van der Waals surface area contributed by atoms with E-state index >= 15 is 0 Å². The molecule has 0 heterocycles. The minimum Gasteiger partial charge on any atom is -0.497 e. The molecule has 0 saturated heterocycles. The van der Waals surface area contributed by atoms with Crippen LogP contribution in [-0.4, -0.2) is 37.6 Å². The van der Waals surface area contributed by atoms with E-state index in [-0.39, 0.29) is 11.8 Å². The Labute approximate surface area is 126 Å². The molecule has 0 fully saturated rings. The summed E-state index contributed by atoms with van der Waals surface area (Å²) in [7, 11) is 1.61. The zero-order valence-electron chi connectivity index (χ0n) is 12.8. The molecule has 0 aliphatic rings. The van der Waals surface area contributed by atoms with Crippen LogP contribution >= 0.6 is 0 Å². The summed E-state index contributed by atoms with van der Waals surface area (Å²) in [6.45, 7) is 5.11. The molecule has 1 aromatic carbocycles. The average Bonchev–Trinajstić information content (AvgIpc) is 2.52. The van der Waals surface area contributed by atoms with Crippen molar-refractivity contribution in [2.75, 3.05) is 26.8 Å². The van der Waals surface area contributed by atoms with Crippen LogP contribution in [0.5, 0.6) is 11.5 Å². The summed E-state index contributed by atoms with van der Waals surface area (Å²) in [6.07, 6.45) is 0.304. The summed E-state index contributed by atoms with van der Waals surface area (Å²) >= 11 is 0. The van der Waals surface area contributed by atoms with Crippen molar-refractivity contribution < 1.29 is 14.3 Å². The SMILES string of the molecule is CCN(CC(C)C#N)C(=O)CCOc1ccc(OC)cc1. The number of nitriles is 1. The summed E-state index contributed by atoms with van der Waals surface area (Å²) < 4.78 is 10.6. The molecule has 0 aliphatic heterocycles. The highest BCUT2D eigenvalue weighted by molar-refractivity contribution is 5.76. The molecule has 0 saturated carbocycles. The van der Waals surface area contributed by atoms with Gasteiger partial charge in [0.05, 0.1) is 32.1 Å². The summed E-state index contributed by atoms with van der Waals surface area (Å²) in [5, 5.41) is 8.81. The van der Waals surface area contributed by atoms with Gasteiger partial charge in [-0.1, -0.05) is 0 Å². The number of carbonyl (C=O) groups is 1. The van der Waals surface area contributed by atoms with E-state index in [1.165, 1.54) is 0 Å². The summed E-state index contributed by atoms with van der Waals surface area (Å²) in [6, 6.07) is 9.37. The predicted octanol–water partition coefficient (Wildman–Crippen LogP) is 2.47. The van der Waals surface area contributed by atoms with Gasteiger partial charge in [-0.05, 0) is 38.1 Å². The molecule has 0 N–H and O–H groups in total. The van der Waals surface area contributed by atoms with Gasteiger partial charge in [-0.25, -0.2) is 0 Å². The second-order valence-electron chi connectivity index (χ2n) is 4.74. The fourth-order valence-corrected chi connectivity index (χ4v) is 1.86. The molecule has 5 heteroatoms. The zero-order chi connectivity index (χ0) is 15.7. The van der Waals surface area contributed by atoms with E-state index in [1.807, 2.05) is 26.0 Å². The number of carbonyl (C=O) groups excluding carboxylic acids is 1. The molecule has 0 radical (unpaired) electrons. The van der Waals surface area contributed by atoms with Crippen LogP contribution in [0, 0.1) is 17.2 Å². The fourth-order valence-electron chi connectivity index (χ4n) is 1.86. The fraction of sp³-hybridized carbons (Fsp3) is 0.500. The molecule has 114 valence electrons. The van der Waals surface area contributed by atoms with Crippen molar-refractivity contribution in [3.63, 3.8) is 0 Å². The van der Waals surface area contributed by atoms with Crippen LogP contribution in [0.25, 0.3) is 0 Å². The lowest BCUT2D eigenvalue weighted by atomic mass is 10.2. The third-order valence-corrected chi connectivity index (χ3v) is 3.09. The van der Waals surface area contributed by atoms with Crippen molar-refractivity contribution in [2.45, 2.75) is 20.3 Å². The van der Waals surface area contributed by atoms with Gasteiger partial charge in [0, 0.05) is 13.1 Å². The van der Waals surface area contributed by atoms with E-state index in [1.54, 1.807) is 24.1 Å². The molecular weight excluding hydrogens is 268 g/mol. The third-order valence-electron chi connectivity index (χ3n) is 3.09. The van der Waals surface area contributed by atoms with Crippen molar-refractivity contribution in [3.05, 3.63) is 24.3 Å². The van der Waals surface area contributed by atoms with Crippen molar-refractivity contribution in [3.8, 4) is 17.6 Å². The van der Waals surface area contributed by atoms with Gasteiger partial charge in [0.25, 0.3) is 0 Å². The number of nitrogens with zero attached hydrogens (tertiary/aromatic N) is 2. The zero-order valence-corrected chi connectivity index (χ0v) is 12.8. The predicted molar refractivity (Wildman–Crippen MR) is 80.1 cm³/mol. The van der Waals surface area contributed by atoms with Crippen molar-refractivity contribution in [1.29, 1.82) is 5.26 Å². The number of rotatable bonds is 8. The van der Waals surface area contributed by atoms with E-state index in [0.29, 0.717) is 31.9 Å². The van der Waals surface area contributed by atoms with Crippen molar-refractivity contribution >= 4 is 5.91 Å². The quantitative estimate of drug-likeness (QED) is 0.738. The molecule has 0 aliphatic carbocycles. The van der Waals surface area contributed by atoms with Gasteiger partial charge in [0.1, 0.15) is 11.5 Å². The smallest absolute Gasteiger partial charge is 0.226 e. The number of amides is 1. The van der Waals surface area contributed by atoms with Gasteiger partial charge >= 0.3 is 0 Å². The first kappa shape index (κ1) is 16.8. The van der Waals surface area contributed by atoms with Gasteiger partial charge < -0.3 is 14.4 Å². The number of ether oxygens (including phenoxy) is 2. The third kappa shape index (κ3) is 5.74. The van der Waals surface area contributed by atoms with E-state index in [2.05, 4.69) is 6.07 Å². The molecule has 1 rings (SSSR count). The van der Waals surface area contributed by atoms with Crippen LogP contribution in [0.2, 0.25) is 0 Å². The van der Waals surface area contributed by atoms with Crippen LogP contribution in [-0.2, 0) is 4.79 Å². The maximum atomic E-state index is 12.0. The number of methoxy groups -OCH3 is 1. The molecule has 21 heavy (non-hydrogen) atoms. The first-order valence-electron chi connectivity index (χ1n) is 7.05. The molecule has 5 nitrogen and oxygen atoms in total. The molecule has 1 unspecified atom stereocenters. The molecule has 1 aromatic rings. The highest BCUT2D eigenvalue weighted by Gasteiger charge is 2.14. The van der Waals surface area contributed by atoms with Crippen LogP contribution in [0.3, 0.4) is 0 Å². The number of hydrogen-bond donors (Lipinski definition) is 0. The Balaban J connectivity index is 2.39. The Kier molecular flexibility index (Phi) is 7.10. The van der Waals surface area contributed by atoms with Gasteiger partial charge in [0.2, 0.25) is 5.91 Å². The Morgan fingerprint density at radius 3 is 2.48 bits per heavy atom. The monoisotopic (exact) mass is 290 g/mol. The standard InChI is InChI=1S/C16H22N2O3/c1-4-18(12-13(2)11-17)16(19)9-10-21-15-7-5-14(20-3)6-8-15/h5-8,13H,4,9-10,12H2,1-3H3. The summed E-state index contributed by atoms with van der Waals surface area (Å²) in [5.74, 6) is 1.32. The van der Waals surface area contributed by atoms with Gasteiger partial charge in [-0.2, -0.15) is 5.26 Å². The van der Waals surface area contributed by atoms with Gasteiger partial charge in [-0.3, -0.25) is 4.79 Å². The summed E-state index contributed by atoms with van der Waals surface area (Å²) in [5.41, 5.74) is 0. The van der Waals surface area contributed by atoms with E-state index in [4.69, 9.17) is 14.7 Å². The van der Waals surface area contributed by atoms with Crippen molar-refractivity contribution in [1.82, 2.24) is 4.90 Å². The molecular formula is C16H22N2O3. The Morgan fingerprint density at radius 1 is 1.33 bits per heavy atom. The first-order valence-corrected chi connectivity index (χ1v) is 7.05. The van der Waals surface area contributed by atoms with E-state index in [9.17, 15) is 4.79 Å². The Hall–Kier alpha value is -2.22. The molecule has 1 amide bonds. The first-order chi connectivity index (χ1) is 10.1. The lowest BCUT2D eigenvalue weighted by molar-refractivity contribution is -0.131. The van der Waals surface area contributed by atoms with Crippen LogP contribution < -0.4 is 9.47 Å².